The van der Waals surface area contributed by atoms with Crippen molar-refractivity contribution < 1.29 is 9.94 Å². The molecule has 1 rings (SSSR count). The number of nitrogens with one attached hydrogen (secondary N) is 1. The van der Waals surface area contributed by atoms with Crippen LogP contribution >= 0.6 is 0 Å². The van der Waals surface area contributed by atoms with Gasteiger partial charge in [0.05, 0.1) is 7.11 Å². The Balaban J connectivity index is 3.39. The van der Waals surface area contributed by atoms with Gasteiger partial charge >= 0.3 is 0 Å². The molecule has 19 heavy (non-hydrogen) atoms. The van der Waals surface area contributed by atoms with E-state index in [4.69, 9.17) is 4.84 Å². The molecule has 0 aromatic heterocycles. The molecule has 0 aliphatic heterocycles. The van der Waals surface area contributed by atoms with E-state index in [-0.39, 0.29) is 10.8 Å². The monoisotopic (exact) mass is 265 g/mol. The molecule has 3 heteroatoms. The third-order valence-corrected chi connectivity index (χ3v) is 3.21. The quantitative estimate of drug-likeness (QED) is 0.820. The van der Waals surface area contributed by atoms with Crippen LogP contribution in [0.2, 0.25) is 0 Å². The summed E-state index contributed by atoms with van der Waals surface area (Å²) in [6.07, 6.45) is 0. The van der Waals surface area contributed by atoms with Crippen molar-refractivity contribution in [1.82, 2.24) is 5.48 Å². The largest absolute Gasteiger partial charge is 0.507 e. The Morgan fingerprint density at radius 2 is 1.42 bits per heavy atom. The van der Waals surface area contributed by atoms with Crippen LogP contribution in [-0.2, 0) is 22.2 Å². The zero-order chi connectivity index (χ0) is 14.8. The van der Waals surface area contributed by atoms with Crippen molar-refractivity contribution in [2.24, 2.45) is 0 Å². The van der Waals surface area contributed by atoms with Crippen molar-refractivity contribution in [2.45, 2.75) is 58.9 Å². The van der Waals surface area contributed by atoms with Crippen LogP contribution in [0.3, 0.4) is 0 Å². The number of hydrogen-bond donors (Lipinski definition) is 2. The van der Waals surface area contributed by atoms with Crippen LogP contribution in [0, 0.1) is 0 Å². The smallest absolute Gasteiger partial charge is 0.123 e. The lowest BCUT2D eigenvalue weighted by Gasteiger charge is -2.28. The van der Waals surface area contributed by atoms with Crippen LogP contribution in [0.15, 0.2) is 12.1 Å². The van der Waals surface area contributed by atoms with Gasteiger partial charge in [0.15, 0.2) is 0 Å². The summed E-state index contributed by atoms with van der Waals surface area (Å²) in [7, 11) is 1.61. The number of hydroxylamine groups is 1. The lowest BCUT2D eigenvalue weighted by atomic mass is 9.78. The van der Waals surface area contributed by atoms with Crippen molar-refractivity contribution >= 4 is 0 Å². The maximum Gasteiger partial charge on any atom is 0.123 e. The number of benzene rings is 1. The molecular formula is C16H27NO2. The maximum absolute atomic E-state index is 10.6. The Hall–Kier alpha value is -1.06. The lowest BCUT2D eigenvalue weighted by molar-refractivity contribution is 0.0866. The van der Waals surface area contributed by atoms with Crippen LogP contribution in [-0.4, -0.2) is 12.2 Å². The van der Waals surface area contributed by atoms with Crippen molar-refractivity contribution in [3.8, 4) is 5.75 Å². The highest BCUT2D eigenvalue weighted by atomic mass is 16.6. The molecule has 3 nitrogen and oxygen atoms in total. The fourth-order valence-electron chi connectivity index (χ4n) is 2.10. The molecule has 1 aromatic rings. The van der Waals surface area contributed by atoms with E-state index in [2.05, 4.69) is 59.2 Å². The fraction of sp³-hybridized carbons (Fsp3) is 0.625. The van der Waals surface area contributed by atoms with Gasteiger partial charge in [-0.2, -0.15) is 5.48 Å². The van der Waals surface area contributed by atoms with Crippen molar-refractivity contribution in [1.29, 1.82) is 0 Å². The number of rotatable bonds is 3. The van der Waals surface area contributed by atoms with Crippen LogP contribution in [0.1, 0.15) is 58.2 Å². The van der Waals surface area contributed by atoms with E-state index in [0.717, 1.165) is 16.7 Å². The number of aromatic hydroxyl groups is 1. The van der Waals surface area contributed by atoms with Gasteiger partial charge < -0.3 is 9.94 Å². The topological polar surface area (TPSA) is 41.5 Å². The highest BCUT2D eigenvalue weighted by Gasteiger charge is 2.26. The summed E-state index contributed by atoms with van der Waals surface area (Å²) in [6, 6.07) is 4.10. The molecule has 0 heterocycles. The molecule has 0 aliphatic rings. The number of hydrogen-bond acceptors (Lipinski definition) is 3. The summed E-state index contributed by atoms with van der Waals surface area (Å²) in [5.74, 6) is 0.418. The second-order valence-electron chi connectivity index (χ2n) is 7.06. The molecular weight excluding hydrogens is 238 g/mol. The fourth-order valence-corrected chi connectivity index (χ4v) is 2.10. The van der Waals surface area contributed by atoms with Gasteiger partial charge in [0, 0.05) is 6.54 Å². The van der Waals surface area contributed by atoms with Crippen LogP contribution in [0.4, 0.5) is 0 Å². The minimum Gasteiger partial charge on any atom is -0.507 e. The Morgan fingerprint density at radius 3 is 1.74 bits per heavy atom. The molecule has 0 saturated heterocycles. The first-order chi connectivity index (χ1) is 8.57. The van der Waals surface area contributed by atoms with Gasteiger partial charge in [0.1, 0.15) is 5.75 Å². The maximum atomic E-state index is 10.6. The van der Waals surface area contributed by atoms with Gasteiger partial charge in [0.25, 0.3) is 0 Å². The first-order valence-corrected chi connectivity index (χ1v) is 6.70. The molecule has 0 amide bonds. The molecule has 0 radical (unpaired) electrons. The van der Waals surface area contributed by atoms with Gasteiger partial charge in [-0.1, -0.05) is 53.7 Å². The second-order valence-corrected chi connectivity index (χ2v) is 7.06. The normalized spacial score (nSPS) is 12.8. The summed E-state index contributed by atoms with van der Waals surface area (Å²) in [5.41, 5.74) is 5.76. The standard InChI is InChI=1S/C16H27NO2/c1-15(2,3)12-8-11(10-17-19-7)9-13(14(12)18)16(4,5)6/h8-9,17-18H,10H2,1-7H3. The molecule has 0 unspecified atom stereocenters. The Morgan fingerprint density at radius 1 is 1.00 bits per heavy atom. The molecule has 0 spiro atoms. The SMILES string of the molecule is CONCc1cc(C(C)(C)C)c(O)c(C(C)(C)C)c1. The van der Waals surface area contributed by atoms with Crippen molar-refractivity contribution in [3.05, 3.63) is 28.8 Å². The molecule has 0 saturated carbocycles. The minimum atomic E-state index is -0.0901. The summed E-state index contributed by atoms with van der Waals surface area (Å²) >= 11 is 0. The van der Waals surface area contributed by atoms with Gasteiger partial charge in [0.2, 0.25) is 0 Å². The first kappa shape index (κ1) is 16.0. The zero-order valence-corrected chi connectivity index (χ0v) is 13.2. The van der Waals surface area contributed by atoms with Crippen LogP contribution in [0.5, 0.6) is 5.75 Å². The lowest BCUT2D eigenvalue weighted by Crippen LogP contribution is -2.19. The average Bonchev–Trinajstić information content (AvgIpc) is 2.24. The van der Waals surface area contributed by atoms with Gasteiger partial charge in [-0.25, -0.2) is 0 Å². The first-order valence-electron chi connectivity index (χ1n) is 6.70. The average molecular weight is 265 g/mol. The summed E-state index contributed by atoms with van der Waals surface area (Å²) in [4.78, 5) is 4.91. The highest BCUT2D eigenvalue weighted by Crippen LogP contribution is 2.39. The Bertz CT molecular complexity index is 404. The van der Waals surface area contributed by atoms with Crippen molar-refractivity contribution in [3.63, 3.8) is 0 Å². The molecule has 0 bridgehead atoms. The van der Waals surface area contributed by atoms with E-state index in [0.29, 0.717) is 12.3 Å². The summed E-state index contributed by atoms with van der Waals surface area (Å²) in [6.45, 7) is 13.3. The second kappa shape index (κ2) is 5.51. The number of phenols is 1. The Labute approximate surface area is 116 Å². The third kappa shape index (κ3) is 3.95. The molecule has 1 aromatic carbocycles. The van der Waals surface area contributed by atoms with E-state index >= 15 is 0 Å². The van der Waals surface area contributed by atoms with E-state index in [1.807, 2.05) is 0 Å². The number of phenolic OH excluding ortho intramolecular Hbond substituents is 1. The van der Waals surface area contributed by atoms with Gasteiger partial charge in [-0.05, 0) is 27.5 Å². The summed E-state index contributed by atoms with van der Waals surface area (Å²) in [5, 5.41) is 10.6. The van der Waals surface area contributed by atoms with E-state index in [9.17, 15) is 5.11 Å². The van der Waals surface area contributed by atoms with Gasteiger partial charge in [-0.3, -0.25) is 0 Å². The molecule has 0 aliphatic carbocycles. The predicted octanol–water partition coefficient (Wildman–Crippen LogP) is 3.64. The van der Waals surface area contributed by atoms with E-state index < -0.39 is 0 Å². The molecule has 108 valence electrons. The van der Waals surface area contributed by atoms with E-state index in [1.54, 1.807) is 7.11 Å². The van der Waals surface area contributed by atoms with Crippen LogP contribution in [0.25, 0.3) is 0 Å². The molecule has 2 N–H and O–H groups in total. The van der Waals surface area contributed by atoms with Gasteiger partial charge in [-0.15, -0.1) is 0 Å². The zero-order valence-electron chi connectivity index (χ0n) is 13.2. The van der Waals surface area contributed by atoms with Crippen molar-refractivity contribution in [2.75, 3.05) is 7.11 Å². The predicted molar refractivity (Wildman–Crippen MR) is 79.4 cm³/mol. The Kier molecular flexibility index (Phi) is 4.64. The van der Waals surface area contributed by atoms with Crippen LogP contribution < -0.4 is 5.48 Å². The van der Waals surface area contributed by atoms with E-state index in [1.165, 1.54) is 0 Å². The highest BCUT2D eigenvalue weighted by molar-refractivity contribution is 5.49. The summed E-state index contributed by atoms with van der Waals surface area (Å²) < 4.78 is 0. The third-order valence-electron chi connectivity index (χ3n) is 3.21. The molecule has 0 atom stereocenters. The molecule has 0 fully saturated rings. The minimum absolute atomic E-state index is 0.0901.